The summed E-state index contributed by atoms with van der Waals surface area (Å²) in [4.78, 5) is 17.6. The van der Waals surface area contributed by atoms with Crippen LogP contribution in [-0.2, 0) is 6.18 Å². The van der Waals surface area contributed by atoms with Crippen LogP contribution in [0.2, 0.25) is 0 Å². The van der Waals surface area contributed by atoms with Gasteiger partial charge in [-0.3, -0.25) is 4.99 Å². The number of hydrogen-bond acceptors (Lipinski definition) is 5. The van der Waals surface area contributed by atoms with Gasteiger partial charge >= 0.3 is 11.8 Å². The van der Waals surface area contributed by atoms with Crippen LogP contribution in [0, 0.1) is 6.92 Å². The summed E-state index contributed by atoms with van der Waals surface area (Å²) >= 11 is 1.38. The van der Waals surface area contributed by atoms with Crippen molar-refractivity contribution < 1.29 is 22.7 Å². The van der Waals surface area contributed by atoms with Crippen molar-refractivity contribution in [2.24, 2.45) is 4.99 Å². The summed E-state index contributed by atoms with van der Waals surface area (Å²) < 4.78 is 45.2. The Morgan fingerprint density at radius 1 is 1.12 bits per heavy atom. The number of nitrogens with zero attached hydrogens (tertiary/aromatic N) is 1. The molecule has 4 nitrogen and oxygen atoms in total. The summed E-state index contributed by atoms with van der Waals surface area (Å²) in [5.74, 6) is 0.274. The fourth-order valence-electron chi connectivity index (χ4n) is 3.74. The van der Waals surface area contributed by atoms with Crippen molar-refractivity contribution in [3.05, 3.63) is 87.0 Å². The van der Waals surface area contributed by atoms with Gasteiger partial charge in [-0.1, -0.05) is 38.1 Å². The van der Waals surface area contributed by atoms with Gasteiger partial charge in [-0.2, -0.15) is 13.2 Å². The zero-order valence-electron chi connectivity index (χ0n) is 18.2. The lowest BCUT2D eigenvalue weighted by molar-refractivity contribution is -0.137. The van der Waals surface area contributed by atoms with Gasteiger partial charge in [-0.05, 0) is 42.2 Å². The molecule has 1 aromatic heterocycles. The molecule has 1 N–H and O–H groups in total. The van der Waals surface area contributed by atoms with Gasteiger partial charge in [0.1, 0.15) is 17.1 Å². The summed E-state index contributed by atoms with van der Waals surface area (Å²) in [5.41, 5.74) is 0.662. The van der Waals surface area contributed by atoms with E-state index < -0.39 is 17.4 Å². The van der Waals surface area contributed by atoms with Crippen LogP contribution in [0.4, 0.5) is 18.9 Å². The first-order valence-electron chi connectivity index (χ1n) is 10.4. The molecule has 2 heterocycles. The highest BCUT2D eigenvalue weighted by Crippen LogP contribution is 2.47. The molecule has 4 rings (SSSR count). The highest BCUT2D eigenvalue weighted by molar-refractivity contribution is 7.99. The largest absolute Gasteiger partial charge is 0.507 e. The maximum atomic E-state index is 13.3. The molecule has 33 heavy (non-hydrogen) atoms. The van der Waals surface area contributed by atoms with E-state index in [0.29, 0.717) is 10.8 Å². The van der Waals surface area contributed by atoms with Crippen LogP contribution in [-0.4, -0.2) is 10.8 Å². The Hall–Kier alpha value is -3.00. The lowest BCUT2D eigenvalue weighted by Crippen LogP contribution is -2.17. The maximum Gasteiger partial charge on any atom is 0.416 e. The van der Waals surface area contributed by atoms with Crippen molar-refractivity contribution in [1.29, 1.82) is 0 Å². The molecular formula is C25H22F3NO3S. The predicted octanol–water partition coefficient (Wildman–Crippen LogP) is 7.15. The molecular weight excluding hydrogens is 451 g/mol. The Kier molecular flexibility index (Phi) is 6.14. The molecule has 8 heteroatoms. The number of aromatic hydroxyl groups is 1. The van der Waals surface area contributed by atoms with E-state index >= 15 is 0 Å². The quantitative estimate of drug-likeness (QED) is 0.439. The fraction of sp³-hybridized carbons (Fsp3) is 0.280. The van der Waals surface area contributed by atoms with Gasteiger partial charge in [-0.15, -0.1) is 11.8 Å². The SMILES string of the molecule is Cc1cc(O)c(C2=Nc3cc(C(F)(F)F)ccc3S[C@H](c3ccc(C(C)C)cc3)C2)c(=O)o1. The molecule has 0 saturated heterocycles. The van der Waals surface area contributed by atoms with Crippen molar-refractivity contribution >= 4 is 23.2 Å². The monoisotopic (exact) mass is 473 g/mol. The van der Waals surface area contributed by atoms with E-state index in [-0.39, 0.29) is 40.1 Å². The van der Waals surface area contributed by atoms with Crippen molar-refractivity contribution in [3.63, 3.8) is 0 Å². The molecule has 1 aliphatic heterocycles. The van der Waals surface area contributed by atoms with Gasteiger partial charge in [0.2, 0.25) is 0 Å². The molecule has 1 aliphatic rings. The number of thioether (sulfide) groups is 1. The number of aliphatic imine (C=N–C) groups is 1. The van der Waals surface area contributed by atoms with E-state index in [1.165, 1.54) is 36.4 Å². The first-order chi connectivity index (χ1) is 15.5. The fourth-order valence-corrected chi connectivity index (χ4v) is 4.96. The number of aryl methyl sites for hydroxylation is 1. The highest BCUT2D eigenvalue weighted by atomic mass is 32.2. The number of halogens is 3. The van der Waals surface area contributed by atoms with Crippen molar-refractivity contribution in [2.45, 2.75) is 49.4 Å². The van der Waals surface area contributed by atoms with E-state index in [1.54, 1.807) is 0 Å². The Balaban J connectivity index is 1.87. The molecule has 0 saturated carbocycles. The Morgan fingerprint density at radius 2 is 1.82 bits per heavy atom. The van der Waals surface area contributed by atoms with Gasteiger partial charge in [0.25, 0.3) is 0 Å². The molecule has 2 aromatic carbocycles. The summed E-state index contributed by atoms with van der Waals surface area (Å²) in [5, 5.41) is 10.2. The number of fused-ring (bicyclic) bond motifs is 1. The van der Waals surface area contributed by atoms with Crippen LogP contribution in [0.1, 0.15) is 59.5 Å². The van der Waals surface area contributed by atoms with Crippen LogP contribution in [0.25, 0.3) is 0 Å². The van der Waals surface area contributed by atoms with Crippen LogP contribution in [0.15, 0.2) is 67.6 Å². The Morgan fingerprint density at radius 3 is 2.42 bits per heavy atom. The predicted molar refractivity (Wildman–Crippen MR) is 123 cm³/mol. The zero-order valence-corrected chi connectivity index (χ0v) is 19.1. The second-order valence-corrected chi connectivity index (χ2v) is 9.52. The molecule has 0 aliphatic carbocycles. The van der Waals surface area contributed by atoms with Crippen molar-refractivity contribution in [1.82, 2.24) is 0 Å². The van der Waals surface area contributed by atoms with Crippen LogP contribution < -0.4 is 5.63 Å². The third kappa shape index (κ3) is 4.85. The number of hydrogen-bond donors (Lipinski definition) is 1. The van der Waals surface area contributed by atoms with Gasteiger partial charge < -0.3 is 9.52 Å². The van der Waals surface area contributed by atoms with E-state index in [2.05, 4.69) is 18.8 Å². The number of rotatable bonds is 3. The summed E-state index contributed by atoms with van der Waals surface area (Å²) in [6.45, 7) is 5.71. The standard InChI is InChI=1S/C25H22F3NO3S/c1-13(2)15-4-6-16(7-5-15)22-12-19(23-20(30)10-14(3)32-24(23)31)29-18-11-17(25(26,27)28)8-9-21(18)33-22/h4-11,13,22,30H,12H2,1-3H3/t22-/m0/s1. The summed E-state index contributed by atoms with van der Waals surface area (Å²) in [6.07, 6.45) is -4.30. The van der Waals surface area contributed by atoms with Crippen LogP contribution in [0.5, 0.6) is 5.75 Å². The molecule has 0 spiro atoms. The number of benzene rings is 2. The zero-order chi connectivity index (χ0) is 23.9. The molecule has 0 fully saturated rings. The first-order valence-corrected chi connectivity index (χ1v) is 11.3. The first kappa shape index (κ1) is 23.2. The summed E-state index contributed by atoms with van der Waals surface area (Å²) in [6, 6.07) is 12.7. The number of alkyl halides is 3. The van der Waals surface area contributed by atoms with Gasteiger partial charge in [0.05, 0.1) is 17.0 Å². The van der Waals surface area contributed by atoms with Gasteiger partial charge in [0.15, 0.2) is 0 Å². The second kappa shape index (κ2) is 8.74. The van der Waals surface area contributed by atoms with E-state index in [9.17, 15) is 23.1 Å². The third-order valence-corrected chi connectivity index (χ3v) is 6.83. The van der Waals surface area contributed by atoms with Crippen molar-refractivity contribution in [3.8, 4) is 5.75 Å². The Bertz CT molecular complexity index is 1280. The lowest BCUT2D eigenvalue weighted by Gasteiger charge is -2.17. The molecule has 0 bridgehead atoms. The van der Waals surface area contributed by atoms with E-state index in [1.807, 2.05) is 24.3 Å². The van der Waals surface area contributed by atoms with Crippen LogP contribution in [0.3, 0.4) is 0 Å². The average molecular weight is 474 g/mol. The normalized spacial score (nSPS) is 16.3. The molecule has 0 radical (unpaired) electrons. The molecule has 172 valence electrons. The molecule has 0 unspecified atom stereocenters. The molecule has 1 atom stereocenters. The minimum atomic E-state index is -4.53. The minimum Gasteiger partial charge on any atom is -0.507 e. The highest BCUT2D eigenvalue weighted by Gasteiger charge is 2.33. The minimum absolute atomic E-state index is 0.102. The van der Waals surface area contributed by atoms with E-state index in [0.717, 1.165) is 17.7 Å². The Labute approximate surface area is 193 Å². The maximum absolute atomic E-state index is 13.3. The van der Waals surface area contributed by atoms with Crippen molar-refractivity contribution in [2.75, 3.05) is 0 Å². The topological polar surface area (TPSA) is 62.8 Å². The third-order valence-electron chi connectivity index (χ3n) is 5.51. The van der Waals surface area contributed by atoms with E-state index in [4.69, 9.17) is 4.42 Å². The smallest absolute Gasteiger partial charge is 0.416 e. The summed E-state index contributed by atoms with van der Waals surface area (Å²) in [7, 11) is 0. The van der Waals surface area contributed by atoms with Gasteiger partial charge in [-0.25, -0.2) is 4.79 Å². The second-order valence-electron chi connectivity index (χ2n) is 8.28. The van der Waals surface area contributed by atoms with Crippen LogP contribution >= 0.6 is 11.8 Å². The molecule has 0 amide bonds. The van der Waals surface area contributed by atoms with Gasteiger partial charge in [0, 0.05) is 22.6 Å². The lowest BCUT2D eigenvalue weighted by atomic mass is 9.98. The average Bonchev–Trinajstić information content (AvgIpc) is 2.91. The molecule has 3 aromatic rings.